The molecule has 68 heavy (non-hydrogen) atoms. The third-order valence-corrected chi connectivity index (χ3v) is 14.3. The van der Waals surface area contributed by atoms with Gasteiger partial charge in [-0.2, -0.15) is 0 Å². The minimum atomic E-state index is -1.78. The zero-order valence-corrected chi connectivity index (χ0v) is 43.1. The molecule has 2 aliphatic heterocycles. The first-order chi connectivity index (χ1) is 33.1. The number of ether oxygens (including phenoxy) is 4. The smallest absolute Gasteiger partial charge is 0.220 e. The van der Waals surface area contributed by atoms with Crippen molar-refractivity contribution in [3.05, 3.63) is 0 Å². The first-order valence-electron chi connectivity index (χ1n) is 28.3. The lowest BCUT2D eigenvalue weighted by molar-refractivity contribution is -0.359. The van der Waals surface area contributed by atoms with E-state index in [-0.39, 0.29) is 12.5 Å². The van der Waals surface area contributed by atoms with E-state index in [2.05, 4.69) is 19.2 Å². The first-order valence-corrected chi connectivity index (χ1v) is 28.3. The molecule has 4 unspecified atom stereocenters. The highest BCUT2D eigenvalue weighted by molar-refractivity contribution is 5.76. The first kappa shape index (κ1) is 63.1. The fraction of sp³-hybridized carbons (Fsp3) is 0.981. The summed E-state index contributed by atoms with van der Waals surface area (Å²) in [6, 6.07) is -0.821. The van der Waals surface area contributed by atoms with Crippen LogP contribution in [0.4, 0.5) is 0 Å². The molecular formula is C54H105NO13. The maximum Gasteiger partial charge on any atom is 0.220 e. The second-order valence-electron chi connectivity index (χ2n) is 20.4. The highest BCUT2D eigenvalue weighted by atomic mass is 16.7. The monoisotopic (exact) mass is 976 g/mol. The van der Waals surface area contributed by atoms with Crippen LogP contribution >= 0.6 is 0 Å². The molecule has 0 aromatic rings. The average Bonchev–Trinajstić information content (AvgIpc) is 3.34. The van der Waals surface area contributed by atoms with Crippen LogP contribution in [-0.2, 0) is 23.7 Å². The summed E-state index contributed by atoms with van der Waals surface area (Å²) < 4.78 is 22.8. The van der Waals surface area contributed by atoms with Crippen molar-refractivity contribution in [2.45, 2.75) is 319 Å². The maximum atomic E-state index is 13.2. The minimum absolute atomic E-state index is 0.201. The highest BCUT2D eigenvalue weighted by Crippen LogP contribution is 2.30. The van der Waals surface area contributed by atoms with Crippen LogP contribution in [0.5, 0.6) is 0 Å². The van der Waals surface area contributed by atoms with Gasteiger partial charge in [-0.15, -0.1) is 0 Å². The molecule has 0 spiro atoms. The summed E-state index contributed by atoms with van der Waals surface area (Å²) in [6.07, 6.45) is 26.6. The van der Waals surface area contributed by atoms with Crippen LogP contribution in [0.1, 0.15) is 245 Å². The van der Waals surface area contributed by atoms with E-state index >= 15 is 0 Å². The fourth-order valence-corrected chi connectivity index (χ4v) is 9.71. The van der Waals surface area contributed by atoms with Crippen molar-refractivity contribution in [1.29, 1.82) is 0 Å². The zero-order valence-electron chi connectivity index (χ0n) is 43.1. The van der Waals surface area contributed by atoms with Gasteiger partial charge in [0.1, 0.15) is 48.8 Å². The van der Waals surface area contributed by atoms with E-state index in [1.165, 1.54) is 167 Å². The molecule has 14 nitrogen and oxygen atoms in total. The normalized spacial score (nSPS) is 26.3. The number of carbonyl (C=O) groups is 1. The van der Waals surface area contributed by atoms with Crippen LogP contribution in [0.25, 0.3) is 0 Å². The molecule has 2 heterocycles. The zero-order chi connectivity index (χ0) is 49.6. The van der Waals surface area contributed by atoms with E-state index in [1.807, 2.05) is 0 Å². The number of hydrogen-bond acceptors (Lipinski definition) is 13. The second-order valence-corrected chi connectivity index (χ2v) is 20.4. The van der Waals surface area contributed by atoms with Gasteiger partial charge in [-0.05, 0) is 12.8 Å². The van der Waals surface area contributed by atoms with Gasteiger partial charge in [0.15, 0.2) is 12.6 Å². The highest BCUT2D eigenvalue weighted by Gasteiger charge is 2.51. The van der Waals surface area contributed by atoms with Crippen molar-refractivity contribution in [3.8, 4) is 0 Å². The van der Waals surface area contributed by atoms with Gasteiger partial charge in [0, 0.05) is 6.42 Å². The molecule has 404 valence electrons. The summed E-state index contributed by atoms with van der Waals surface area (Å²) in [5.74, 6) is -0.201. The third kappa shape index (κ3) is 27.7. The second kappa shape index (κ2) is 41.5. The van der Waals surface area contributed by atoms with Crippen LogP contribution < -0.4 is 5.32 Å². The lowest BCUT2D eigenvalue weighted by atomic mass is 9.97. The van der Waals surface area contributed by atoms with Gasteiger partial charge in [0.25, 0.3) is 0 Å². The van der Waals surface area contributed by atoms with Gasteiger partial charge >= 0.3 is 0 Å². The molecule has 14 heteroatoms. The molecule has 12 atom stereocenters. The lowest BCUT2D eigenvalue weighted by Crippen LogP contribution is -2.65. The van der Waals surface area contributed by atoms with E-state index in [0.717, 1.165) is 51.4 Å². The molecule has 0 saturated carbocycles. The number of aliphatic hydroxyl groups is 8. The van der Waals surface area contributed by atoms with E-state index in [1.54, 1.807) is 0 Å². The van der Waals surface area contributed by atoms with E-state index in [0.29, 0.717) is 12.8 Å². The predicted octanol–water partition coefficient (Wildman–Crippen LogP) is 8.56. The Labute approximate surface area is 413 Å². The summed E-state index contributed by atoms with van der Waals surface area (Å²) >= 11 is 0. The van der Waals surface area contributed by atoms with Gasteiger partial charge in [-0.3, -0.25) is 4.79 Å². The van der Waals surface area contributed by atoms with Crippen molar-refractivity contribution in [3.63, 3.8) is 0 Å². The Morgan fingerprint density at radius 1 is 0.471 bits per heavy atom. The number of unbranched alkanes of at least 4 members (excludes halogenated alkanes) is 32. The van der Waals surface area contributed by atoms with Gasteiger partial charge in [-0.25, -0.2) is 0 Å². The molecular weight excluding hydrogens is 871 g/mol. The molecule has 1 amide bonds. The summed E-state index contributed by atoms with van der Waals surface area (Å²) in [4.78, 5) is 13.2. The number of nitrogens with one attached hydrogen (secondary N) is 1. The molecule has 2 rings (SSSR count). The SMILES string of the molecule is CCCCCCCCCCCCCCCCCCCC(=O)N[C@@H](CO[C@@H]1O[C@H](CO)[C@@H](O[C@@H]2O[C@H](CO)[C@H](O)C(O)C2O)C(O)C1O)[C@H](O)CCCCCCCCCCCCCCCCCCC. The van der Waals surface area contributed by atoms with E-state index < -0.39 is 86.8 Å². The quantitative estimate of drug-likeness (QED) is 0.0261. The molecule has 0 aliphatic carbocycles. The Morgan fingerprint density at radius 2 is 0.838 bits per heavy atom. The number of aliphatic hydroxyl groups excluding tert-OH is 8. The van der Waals surface area contributed by atoms with Gasteiger partial charge in [0.2, 0.25) is 5.91 Å². The summed E-state index contributed by atoms with van der Waals surface area (Å²) in [6.45, 7) is 2.89. The molecule has 0 bridgehead atoms. The van der Waals surface area contributed by atoms with Crippen LogP contribution in [0.15, 0.2) is 0 Å². The molecule has 0 aromatic heterocycles. The largest absolute Gasteiger partial charge is 0.394 e. The van der Waals surface area contributed by atoms with E-state index in [9.17, 15) is 45.6 Å². The Hall–Kier alpha value is -1.01. The topological polar surface area (TPSA) is 228 Å². The number of carbonyl (C=O) groups excluding carboxylic acids is 1. The maximum absolute atomic E-state index is 13.2. The minimum Gasteiger partial charge on any atom is -0.394 e. The standard InChI is InChI=1S/C54H105NO13/c1-3-5-7-9-11-13-15-17-19-21-23-25-27-29-31-33-35-37-43(58)42(55-46(59)38-36-34-32-30-28-26-24-22-20-18-16-14-12-10-8-6-4-2)41-65-53-51(64)49(62)52(45(40-57)67-53)68-54-50(63)48(61)47(60)44(39-56)66-54/h42-45,47-54,56-58,60-64H,3-41H2,1-2H3,(H,55,59)/t42-,43+,44+,45+,47-,48?,49?,50?,51?,52+,53+,54-/m0/s1. The molecule has 0 radical (unpaired) electrons. The van der Waals surface area contributed by atoms with Crippen molar-refractivity contribution in [2.75, 3.05) is 19.8 Å². The summed E-state index contributed by atoms with van der Waals surface area (Å²) in [5, 5.41) is 87.1. The van der Waals surface area contributed by atoms with Crippen molar-refractivity contribution in [1.82, 2.24) is 5.32 Å². The molecule has 2 fully saturated rings. The van der Waals surface area contributed by atoms with E-state index in [4.69, 9.17) is 18.9 Å². The Balaban J connectivity index is 1.78. The van der Waals surface area contributed by atoms with Crippen molar-refractivity contribution >= 4 is 5.91 Å². The lowest BCUT2D eigenvalue weighted by Gasteiger charge is -2.46. The van der Waals surface area contributed by atoms with Gasteiger partial charge < -0.3 is 65.1 Å². The van der Waals surface area contributed by atoms with Crippen molar-refractivity contribution < 1.29 is 64.6 Å². The Bertz CT molecular complexity index is 1150. The third-order valence-electron chi connectivity index (χ3n) is 14.3. The number of rotatable bonds is 45. The van der Waals surface area contributed by atoms with Crippen molar-refractivity contribution in [2.24, 2.45) is 0 Å². The van der Waals surface area contributed by atoms with Crippen LogP contribution in [0, 0.1) is 0 Å². The average molecular weight is 976 g/mol. The molecule has 9 N–H and O–H groups in total. The molecule has 2 aliphatic rings. The Kier molecular flexibility index (Phi) is 38.5. The molecule has 2 saturated heterocycles. The molecule has 0 aromatic carbocycles. The number of hydrogen-bond donors (Lipinski definition) is 9. The summed E-state index contributed by atoms with van der Waals surface area (Å²) in [7, 11) is 0. The Morgan fingerprint density at radius 3 is 1.25 bits per heavy atom. The van der Waals surface area contributed by atoms with Gasteiger partial charge in [0.05, 0.1) is 32.0 Å². The van der Waals surface area contributed by atoms with Gasteiger partial charge in [-0.1, -0.05) is 226 Å². The van der Waals surface area contributed by atoms with Crippen LogP contribution in [0.2, 0.25) is 0 Å². The van der Waals surface area contributed by atoms with Crippen LogP contribution in [0.3, 0.4) is 0 Å². The number of amides is 1. The fourth-order valence-electron chi connectivity index (χ4n) is 9.71. The predicted molar refractivity (Wildman–Crippen MR) is 268 cm³/mol. The summed E-state index contributed by atoms with van der Waals surface area (Å²) in [5.41, 5.74) is 0. The van der Waals surface area contributed by atoms with Crippen LogP contribution in [-0.4, -0.2) is 140 Å².